The Bertz CT molecular complexity index is 169. The minimum absolute atomic E-state index is 0.678. The van der Waals surface area contributed by atoms with Gasteiger partial charge in [0.15, 0.2) is 0 Å². The highest BCUT2D eigenvalue weighted by atomic mass is 28.1. The van der Waals surface area contributed by atoms with Crippen molar-refractivity contribution in [2.75, 3.05) is 0 Å². The molecule has 0 fully saturated rings. The molecule has 0 rings (SSSR count). The lowest BCUT2D eigenvalue weighted by atomic mass is 10.0. The topological polar surface area (TPSA) is 0 Å². The summed E-state index contributed by atoms with van der Waals surface area (Å²) in [4.78, 5) is 0. The molecule has 0 aromatic heterocycles. The first-order valence-corrected chi connectivity index (χ1v) is 10.1. The van der Waals surface area contributed by atoms with Gasteiger partial charge in [-0.2, -0.15) is 0 Å². The summed E-state index contributed by atoms with van der Waals surface area (Å²) in [5, 5.41) is 0.678. The highest BCUT2D eigenvalue weighted by Crippen LogP contribution is 2.26. The third-order valence-electron chi connectivity index (χ3n) is 4.03. The monoisotopic (exact) mass is 284 g/mol. The lowest BCUT2D eigenvalue weighted by Gasteiger charge is -2.17. The fourth-order valence-corrected chi connectivity index (χ4v) is 3.03. The maximum Gasteiger partial charge on any atom is 0.00994 e. The SMILES string of the molecule is CCCCCCCCCCCCCCCC(C)(C)[SiH3]. The van der Waals surface area contributed by atoms with Crippen LogP contribution in [0, 0.1) is 0 Å². The van der Waals surface area contributed by atoms with Crippen molar-refractivity contribution in [3.63, 3.8) is 0 Å². The zero-order valence-corrected chi connectivity index (χ0v) is 16.4. The Kier molecular flexibility index (Phi) is 13.4. The lowest BCUT2D eigenvalue weighted by Crippen LogP contribution is -2.01. The second-order valence-electron chi connectivity index (χ2n) is 7.55. The van der Waals surface area contributed by atoms with Gasteiger partial charge in [0.2, 0.25) is 0 Å². The van der Waals surface area contributed by atoms with E-state index in [0.29, 0.717) is 5.04 Å². The summed E-state index contributed by atoms with van der Waals surface area (Å²) in [5.74, 6) is 0. The zero-order chi connectivity index (χ0) is 14.4. The molecule has 0 aliphatic rings. The van der Waals surface area contributed by atoms with E-state index >= 15 is 0 Å². The number of hydrogen-bond acceptors (Lipinski definition) is 0. The minimum atomic E-state index is 0.678. The van der Waals surface area contributed by atoms with Crippen LogP contribution in [0.2, 0.25) is 5.04 Å². The molecule has 0 atom stereocenters. The van der Waals surface area contributed by atoms with E-state index in [1.54, 1.807) is 0 Å². The Morgan fingerprint density at radius 1 is 0.579 bits per heavy atom. The van der Waals surface area contributed by atoms with E-state index in [9.17, 15) is 0 Å². The maximum absolute atomic E-state index is 2.42. The van der Waals surface area contributed by atoms with Crippen molar-refractivity contribution in [2.45, 2.75) is 116 Å². The molecular formula is C18H40Si. The van der Waals surface area contributed by atoms with Crippen molar-refractivity contribution in [3.05, 3.63) is 0 Å². The Balaban J connectivity index is 2.99. The molecule has 116 valence electrons. The first-order chi connectivity index (χ1) is 9.06. The van der Waals surface area contributed by atoms with E-state index in [1.165, 1.54) is 100 Å². The van der Waals surface area contributed by atoms with Gasteiger partial charge in [0.25, 0.3) is 0 Å². The van der Waals surface area contributed by atoms with Gasteiger partial charge in [-0.25, -0.2) is 0 Å². The molecule has 0 saturated carbocycles. The quantitative estimate of drug-likeness (QED) is 0.270. The zero-order valence-electron chi connectivity index (χ0n) is 14.4. The van der Waals surface area contributed by atoms with Gasteiger partial charge in [0, 0.05) is 10.2 Å². The first kappa shape index (κ1) is 19.2. The molecule has 0 aromatic rings. The first-order valence-electron chi connectivity index (χ1n) is 9.06. The molecule has 0 radical (unpaired) electrons. The van der Waals surface area contributed by atoms with Gasteiger partial charge in [-0.05, 0) is 5.04 Å². The van der Waals surface area contributed by atoms with Crippen LogP contribution in [0.3, 0.4) is 0 Å². The average Bonchev–Trinajstić information content (AvgIpc) is 2.34. The van der Waals surface area contributed by atoms with E-state index in [-0.39, 0.29) is 0 Å². The van der Waals surface area contributed by atoms with Crippen LogP contribution in [0.1, 0.15) is 111 Å². The van der Waals surface area contributed by atoms with Crippen molar-refractivity contribution in [2.24, 2.45) is 0 Å². The van der Waals surface area contributed by atoms with Crippen molar-refractivity contribution in [1.82, 2.24) is 0 Å². The summed E-state index contributed by atoms with van der Waals surface area (Å²) in [7, 11) is 1.35. The molecule has 1 heteroatoms. The molecule has 0 N–H and O–H groups in total. The van der Waals surface area contributed by atoms with Crippen LogP contribution in [-0.2, 0) is 0 Å². The molecule has 19 heavy (non-hydrogen) atoms. The van der Waals surface area contributed by atoms with E-state index in [0.717, 1.165) is 0 Å². The average molecular weight is 285 g/mol. The molecule has 0 saturated heterocycles. The van der Waals surface area contributed by atoms with Crippen LogP contribution in [0.15, 0.2) is 0 Å². The normalized spacial score (nSPS) is 12.2. The fourth-order valence-electron chi connectivity index (χ4n) is 2.67. The second-order valence-corrected chi connectivity index (χ2v) is 10.3. The van der Waals surface area contributed by atoms with Crippen LogP contribution >= 0.6 is 0 Å². The van der Waals surface area contributed by atoms with Crippen LogP contribution in [0.4, 0.5) is 0 Å². The molecule has 0 spiro atoms. The third-order valence-corrected chi connectivity index (χ3v) is 4.53. The summed E-state index contributed by atoms with van der Waals surface area (Å²) in [5.41, 5.74) is 0. The van der Waals surface area contributed by atoms with Crippen molar-refractivity contribution in [1.29, 1.82) is 0 Å². The van der Waals surface area contributed by atoms with Gasteiger partial charge in [-0.1, -0.05) is 111 Å². The van der Waals surface area contributed by atoms with Crippen LogP contribution in [0.25, 0.3) is 0 Å². The Labute approximate surface area is 126 Å². The second kappa shape index (κ2) is 13.2. The van der Waals surface area contributed by atoms with Gasteiger partial charge in [-0.15, -0.1) is 0 Å². The molecule has 0 amide bonds. The third kappa shape index (κ3) is 18.2. The molecule has 0 aliphatic carbocycles. The molecule has 0 heterocycles. The Morgan fingerprint density at radius 2 is 0.895 bits per heavy atom. The van der Waals surface area contributed by atoms with Gasteiger partial charge >= 0.3 is 0 Å². The molecule has 0 nitrogen and oxygen atoms in total. The largest absolute Gasteiger partial charge is 0.0654 e. The van der Waals surface area contributed by atoms with E-state index < -0.39 is 0 Å². The van der Waals surface area contributed by atoms with Crippen LogP contribution in [-0.4, -0.2) is 10.2 Å². The summed E-state index contributed by atoms with van der Waals surface area (Å²) in [6, 6.07) is 0. The van der Waals surface area contributed by atoms with Crippen LogP contribution < -0.4 is 0 Å². The van der Waals surface area contributed by atoms with E-state index in [2.05, 4.69) is 20.8 Å². The van der Waals surface area contributed by atoms with E-state index in [4.69, 9.17) is 0 Å². The predicted octanol–water partition coefficient (Wildman–Crippen LogP) is 6.03. The van der Waals surface area contributed by atoms with Crippen molar-refractivity contribution >= 4 is 10.2 Å². The van der Waals surface area contributed by atoms with Crippen LogP contribution in [0.5, 0.6) is 0 Å². The lowest BCUT2D eigenvalue weighted by molar-refractivity contribution is 0.513. The highest BCUT2D eigenvalue weighted by molar-refractivity contribution is 6.14. The number of unbranched alkanes of at least 4 members (excludes halogenated alkanes) is 12. The molecular weight excluding hydrogens is 244 g/mol. The number of rotatable bonds is 14. The smallest absolute Gasteiger partial charge is 0.00994 e. The van der Waals surface area contributed by atoms with Gasteiger partial charge in [0.1, 0.15) is 0 Å². The fraction of sp³-hybridized carbons (Fsp3) is 1.00. The molecule has 0 aliphatic heterocycles. The maximum atomic E-state index is 2.42. The van der Waals surface area contributed by atoms with Gasteiger partial charge in [0.05, 0.1) is 0 Å². The standard InChI is InChI=1S/C18H40Si/c1-4-5-6-7-8-9-10-11-12-13-14-15-16-17-18(2,3)19/h4-17H2,1-3,19H3. The summed E-state index contributed by atoms with van der Waals surface area (Å²) < 4.78 is 0. The van der Waals surface area contributed by atoms with Crippen molar-refractivity contribution in [3.8, 4) is 0 Å². The predicted molar refractivity (Wildman–Crippen MR) is 94.3 cm³/mol. The molecule has 0 aromatic carbocycles. The van der Waals surface area contributed by atoms with E-state index in [1.807, 2.05) is 0 Å². The highest BCUT2D eigenvalue weighted by Gasteiger charge is 2.08. The van der Waals surface area contributed by atoms with Gasteiger partial charge < -0.3 is 0 Å². The number of hydrogen-bond donors (Lipinski definition) is 0. The van der Waals surface area contributed by atoms with Crippen molar-refractivity contribution < 1.29 is 0 Å². The Morgan fingerprint density at radius 3 is 1.21 bits per heavy atom. The minimum Gasteiger partial charge on any atom is -0.0654 e. The molecule has 0 bridgehead atoms. The summed E-state index contributed by atoms with van der Waals surface area (Å²) >= 11 is 0. The Hall–Kier alpha value is 0.217. The summed E-state index contributed by atoms with van der Waals surface area (Å²) in [6.07, 6.45) is 20.5. The summed E-state index contributed by atoms with van der Waals surface area (Å²) in [6.45, 7) is 7.13. The molecule has 0 unspecified atom stereocenters. The van der Waals surface area contributed by atoms with Gasteiger partial charge in [-0.3, -0.25) is 0 Å².